The summed E-state index contributed by atoms with van der Waals surface area (Å²) in [6.07, 6.45) is 6.76. The summed E-state index contributed by atoms with van der Waals surface area (Å²) in [5.74, 6) is 0.959. The molecule has 0 atom stereocenters. The average molecular weight is 681 g/mol. The first kappa shape index (κ1) is 24.6. The van der Waals surface area contributed by atoms with Gasteiger partial charge in [0.2, 0.25) is 10.3 Å². The zero-order chi connectivity index (χ0) is 22.3. The van der Waals surface area contributed by atoms with E-state index in [-0.39, 0.29) is 0 Å². The number of benzene rings is 2. The van der Waals surface area contributed by atoms with Gasteiger partial charge in [0.25, 0.3) is 11.5 Å². The third-order valence-electron chi connectivity index (χ3n) is 3.39. The predicted octanol–water partition coefficient (Wildman–Crippen LogP) is 4.43. The molecular formula is C20H18N4O4S2U+4. The van der Waals surface area contributed by atoms with Crippen LogP contribution in [0.5, 0.6) is 11.5 Å². The number of rotatable bonds is 4. The predicted molar refractivity (Wildman–Crippen MR) is 119 cm³/mol. The van der Waals surface area contributed by atoms with Crippen LogP contribution in [-0.4, -0.2) is 32.6 Å². The van der Waals surface area contributed by atoms with Crippen LogP contribution in [0.1, 0.15) is 11.1 Å². The van der Waals surface area contributed by atoms with E-state index in [0.29, 0.717) is 21.8 Å². The van der Waals surface area contributed by atoms with Crippen LogP contribution in [0.2, 0.25) is 0 Å². The number of thiazole rings is 2. The number of aliphatic imine (C=N–C) groups is 2. The Morgan fingerprint density at radius 1 is 0.742 bits per heavy atom. The molecule has 0 radical (unpaired) electrons. The van der Waals surface area contributed by atoms with Gasteiger partial charge in [-0.1, -0.05) is 24.3 Å². The first-order chi connectivity index (χ1) is 15.1. The van der Waals surface area contributed by atoms with Crippen LogP contribution in [0, 0.1) is 27.8 Å². The molecule has 8 nitrogen and oxygen atoms in total. The Kier molecular flexibility index (Phi) is 11.3. The zero-order valence-electron chi connectivity index (χ0n) is 16.0. The van der Waals surface area contributed by atoms with Crippen molar-refractivity contribution in [1.29, 1.82) is 0 Å². The van der Waals surface area contributed by atoms with Crippen molar-refractivity contribution in [3.05, 3.63) is 82.8 Å². The fraction of sp³-hybridized carbons (Fsp3) is 0. The molecular weight excluding hydrogens is 662 g/mol. The fourth-order valence-electron chi connectivity index (χ4n) is 2.03. The molecule has 0 saturated heterocycles. The van der Waals surface area contributed by atoms with Crippen LogP contribution < -0.4 is 0 Å². The van der Waals surface area contributed by atoms with Gasteiger partial charge in [-0.25, -0.2) is 20.0 Å². The molecule has 4 rings (SSSR count). The summed E-state index contributed by atoms with van der Waals surface area (Å²) in [5.41, 5.74) is 1.62. The molecule has 0 aliphatic heterocycles. The molecule has 0 unspecified atom stereocenters. The van der Waals surface area contributed by atoms with Crippen molar-refractivity contribution in [1.82, 2.24) is 9.97 Å². The van der Waals surface area contributed by atoms with Gasteiger partial charge in [0.15, 0.2) is 0 Å². The van der Waals surface area contributed by atoms with Gasteiger partial charge in [0.1, 0.15) is 0 Å². The molecule has 31 heavy (non-hydrogen) atoms. The van der Waals surface area contributed by atoms with Gasteiger partial charge >= 0.3 is 32.3 Å². The van der Waals surface area contributed by atoms with E-state index in [0.717, 1.165) is 11.1 Å². The van der Waals surface area contributed by atoms with Crippen LogP contribution in [-0.2, 0) is 4.47 Å². The van der Waals surface area contributed by atoms with Gasteiger partial charge in [-0.05, 0) is 12.1 Å². The first-order valence-corrected chi connectivity index (χ1v) is 13.8. The first-order valence-electron chi connectivity index (χ1n) is 8.61. The van der Waals surface area contributed by atoms with Crippen molar-refractivity contribution < 1.29 is 42.5 Å². The SMILES string of the molecule is [OH2+]c1ccccc1C=Nc1nccs1.[OH2+]c1ccccc1C=Nc1nccs1.[O]=[U+2]=[O]. The summed E-state index contributed by atoms with van der Waals surface area (Å²) in [6.45, 7) is 0. The number of para-hydroxylation sites is 2. The molecule has 11 heteroatoms. The second kappa shape index (κ2) is 14.3. The standard InChI is InChI=1S/2C10H8N2OS.2O.U/c2*13-9-4-2-1-3-8(9)7-12-10-11-5-6-14-10;;;/h2*1-7,13H;;;/q;;;;+2/p+2. The van der Waals surface area contributed by atoms with E-state index >= 15 is 0 Å². The van der Waals surface area contributed by atoms with Gasteiger partial charge < -0.3 is 10.2 Å². The molecule has 0 bridgehead atoms. The van der Waals surface area contributed by atoms with Gasteiger partial charge in [0, 0.05) is 47.7 Å². The van der Waals surface area contributed by atoms with Crippen molar-refractivity contribution in [2.24, 2.45) is 9.98 Å². The minimum absolute atomic E-state index is 0.479. The zero-order valence-corrected chi connectivity index (χ0v) is 21.8. The molecule has 2 aromatic heterocycles. The van der Waals surface area contributed by atoms with E-state index in [2.05, 4.69) is 20.0 Å². The van der Waals surface area contributed by atoms with E-state index in [1.165, 1.54) is 22.7 Å². The summed E-state index contributed by atoms with van der Waals surface area (Å²) in [4.78, 5) is 16.4. The quantitative estimate of drug-likeness (QED) is 0.233. The molecule has 0 aliphatic rings. The fourth-order valence-corrected chi connectivity index (χ4v) is 2.99. The third kappa shape index (κ3) is 9.32. The molecule has 2 heterocycles. The second-order valence-corrected chi connectivity index (χ2v) is 7.84. The molecule has 0 spiro atoms. The molecule has 0 amide bonds. The van der Waals surface area contributed by atoms with Crippen molar-refractivity contribution in [3.63, 3.8) is 0 Å². The van der Waals surface area contributed by atoms with Gasteiger partial charge in [-0.15, -0.1) is 22.7 Å². The number of hydrogen-bond acceptors (Lipinski definition) is 8. The maximum atomic E-state index is 8.58. The Labute approximate surface area is 201 Å². The van der Waals surface area contributed by atoms with E-state index in [4.69, 9.17) is 14.7 Å². The Hall–Kier alpha value is -2.71. The van der Waals surface area contributed by atoms with Crippen LogP contribution in [0.3, 0.4) is 0 Å². The topological polar surface area (TPSA) is 130 Å². The maximum absolute atomic E-state index is 8.58. The monoisotopic (exact) mass is 680 g/mol. The third-order valence-corrected chi connectivity index (χ3v) is 4.75. The molecule has 4 aromatic rings. The van der Waals surface area contributed by atoms with Crippen molar-refractivity contribution in [3.8, 4) is 11.5 Å². The van der Waals surface area contributed by atoms with Gasteiger partial charge in [0.05, 0.1) is 11.1 Å². The Bertz CT molecular complexity index is 1060. The van der Waals surface area contributed by atoms with Gasteiger partial charge in [-0.3, -0.25) is 0 Å². The number of nitrogens with zero attached hydrogens (tertiary/aromatic N) is 4. The summed E-state index contributed by atoms with van der Waals surface area (Å²) in [6, 6.07) is 14.7. The Morgan fingerprint density at radius 3 is 1.45 bits per heavy atom. The van der Waals surface area contributed by atoms with Crippen LogP contribution in [0.15, 0.2) is 81.7 Å². The molecule has 4 N–H and O–H groups in total. The molecule has 154 valence electrons. The van der Waals surface area contributed by atoms with Crippen LogP contribution in [0.25, 0.3) is 0 Å². The summed E-state index contributed by atoms with van der Waals surface area (Å²) < 4.78 is 17.2. The summed E-state index contributed by atoms with van der Waals surface area (Å²) >= 11 is 0.450. The van der Waals surface area contributed by atoms with Crippen LogP contribution >= 0.6 is 22.7 Å². The van der Waals surface area contributed by atoms with Gasteiger partial charge in [-0.2, -0.15) is 0 Å². The second-order valence-electron chi connectivity index (χ2n) is 5.40. The summed E-state index contributed by atoms with van der Waals surface area (Å²) in [7, 11) is 0. The summed E-state index contributed by atoms with van der Waals surface area (Å²) in [5, 5.41) is 20.4. The van der Waals surface area contributed by atoms with Crippen molar-refractivity contribution in [2.45, 2.75) is 0 Å². The normalized spacial score (nSPS) is 10.1. The molecule has 0 fully saturated rings. The molecule has 2 aromatic carbocycles. The molecule has 0 aliphatic carbocycles. The van der Waals surface area contributed by atoms with Crippen molar-refractivity contribution >= 4 is 45.4 Å². The van der Waals surface area contributed by atoms with E-state index in [1.807, 2.05) is 47.2 Å². The van der Waals surface area contributed by atoms with E-state index < -0.39 is 27.8 Å². The van der Waals surface area contributed by atoms with Crippen LogP contribution in [0.4, 0.5) is 10.3 Å². The molecule has 0 saturated carbocycles. The Morgan fingerprint density at radius 2 is 1.13 bits per heavy atom. The number of aromatic nitrogens is 2. The van der Waals surface area contributed by atoms with Crippen molar-refractivity contribution in [2.75, 3.05) is 0 Å². The van der Waals surface area contributed by atoms with E-state index in [1.54, 1.807) is 37.0 Å². The Balaban J connectivity index is 0.000000196. The number of hydrogen-bond donors (Lipinski definition) is 0. The average Bonchev–Trinajstić information content (AvgIpc) is 3.48. The minimum atomic E-state index is -2.51. The van der Waals surface area contributed by atoms with E-state index in [9.17, 15) is 0 Å².